The normalized spacial score (nSPS) is 10.4. The predicted molar refractivity (Wildman–Crippen MR) is 93.1 cm³/mol. The van der Waals surface area contributed by atoms with Crippen LogP contribution in [0.25, 0.3) is 10.4 Å². The lowest BCUT2D eigenvalue weighted by molar-refractivity contribution is 0.0911. The molecular weight excluding hydrogens is 343 g/mol. The van der Waals surface area contributed by atoms with Crippen LogP contribution in [0.5, 0.6) is 0 Å². The van der Waals surface area contributed by atoms with Crippen molar-refractivity contribution >= 4 is 23.2 Å². The van der Waals surface area contributed by atoms with E-state index in [0.717, 1.165) is 0 Å². The fraction of sp³-hybridized carbons (Fsp3) is 0.111. The van der Waals surface area contributed by atoms with Gasteiger partial charge in [0.2, 0.25) is 0 Å². The van der Waals surface area contributed by atoms with Crippen molar-refractivity contribution < 1.29 is 18.4 Å². The van der Waals surface area contributed by atoms with Crippen LogP contribution in [-0.4, -0.2) is 24.9 Å². The molecule has 2 amide bonds. The van der Waals surface area contributed by atoms with E-state index in [0.29, 0.717) is 15.3 Å². The zero-order valence-corrected chi connectivity index (χ0v) is 13.9. The van der Waals surface area contributed by atoms with Crippen LogP contribution in [-0.2, 0) is 0 Å². The number of amides is 2. The Kier molecular flexibility index (Phi) is 5.25. The maximum absolute atomic E-state index is 13.8. The molecule has 3 aromatic rings. The largest absolute Gasteiger partial charge is 0.459 e. The second kappa shape index (κ2) is 7.76. The number of halogens is 1. The maximum atomic E-state index is 13.8. The van der Waals surface area contributed by atoms with E-state index in [4.69, 9.17) is 4.42 Å². The molecule has 0 bridgehead atoms. The van der Waals surface area contributed by atoms with Gasteiger partial charge in [0.15, 0.2) is 5.76 Å². The number of nitrogens with one attached hydrogen (secondary N) is 2. The SMILES string of the molecule is O=C(NCCNC(=O)c1ccc(-c2ccccc2F)s1)c1ccco1. The van der Waals surface area contributed by atoms with Gasteiger partial charge in [-0.2, -0.15) is 0 Å². The molecule has 0 fully saturated rings. The van der Waals surface area contributed by atoms with Crippen molar-refractivity contribution in [1.82, 2.24) is 10.6 Å². The first-order valence-corrected chi connectivity index (χ1v) is 8.41. The molecule has 3 rings (SSSR count). The molecule has 5 nitrogen and oxygen atoms in total. The van der Waals surface area contributed by atoms with Crippen LogP contribution in [0.4, 0.5) is 4.39 Å². The fourth-order valence-corrected chi connectivity index (χ4v) is 3.15. The smallest absolute Gasteiger partial charge is 0.287 e. The molecule has 0 saturated heterocycles. The predicted octanol–water partition coefficient (Wildman–Crippen LogP) is 3.31. The first-order chi connectivity index (χ1) is 12.1. The molecule has 0 unspecified atom stereocenters. The Bertz CT molecular complexity index is 874. The molecule has 1 aromatic carbocycles. The summed E-state index contributed by atoms with van der Waals surface area (Å²) >= 11 is 1.22. The van der Waals surface area contributed by atoms with Gasteiger partial charge < -0.3 is 15.1 Å². The average molecular weight is 358 g/mol. The molecule has 2 heterocycles. The summed E-state index contributed by atoms with van der Waals surface area (Å²) in [5.74, 6) is -0.701. The van der Waals surface area contributed by atoms with Gasteiger partial charge in [0.1, 0.15) is 5.82 Å². The van der Waals surface area contributed by atoms with Gasteiger partial charge in [-0.3, -0.25) is 9.59 Å². The maximum Gasteiger partial charge on any atom is 0.287 e. The van der Waals surface area contributed by atoms with Crippen molar-refractivity contribution in [2.45, 2.75) is 0 Å². The highest BCUT2D eigenvalue weighted by atomic mass is 32.1. The molecule has 2 N–H and O–H groups in total. The van der Waals surface area contributed by atoms with E-state index in [-0.39, 0.29) is 36.5 Å². The summed E-state index contributed by atoms with van der Waals surface area (Å²) in [6.07, 6.45) is 1.42. The van der Waals surface area contributed by atoms with Crippen molar-refractivity contribution in [1.29, 1.82) is 0 Å². The van der Waals surface area contributed by atoms with Crippen LogP contribution in [0.2, 0.25) is 0 Å². The highest BCUT2D eigenvalue weighted by molar-refractivity contribution is 7.17. The number of thiophene rings is 1. The summed E-state index contributed by atoms with van der Waals surface area (Å²) in [6, 6.07) is 13.0. The van der Waals surface area contributed by atoms with E-state index in [9.17, 15) is 14.0 Å². The van der Waals surface area contributed by atoms with Crippen LogP contribution in [0.15, 0.2) is 59.2 Å². The van der Waals surface area contributed by atoms with Crippen LogP contribution >= 0.6 is 11.3 Å². The number of furan rings is 1. The molecule has 0 radical (unpaired) electrons. The lowest BCUT2D eigenvalue weighted by atomic mass is 10.2. The molecule has 0 aliphatic heterocycles. The monoisotopic (exact) mass is 358 g/mol. The Morgan fingerprint density at radius 2 is 1.72 bits per heavy atom. The minimum atomic E-state index is -0.336. The van der Waals surface area contributed by atoms with Gasteiger partial charge in [-0.15, -0.1) is 11.3 Å². The first-order valence-electron chi connectivity index (χ1n) is 7.60. The Labute approximate surface area is 147 Å². The number of rotatable bonds is 6. The zero-order valence-electron chi connectivity index (χ0n) is 13.1. The van der Waals surface area contributed by atoms with Crippen LogP contribution in [0.3, 0.4) is 0 Å². The van der Waals surface area contributed by atoms with E-state index in [1.165, 1.54) is 23.7 Å². The second-order valence-electron chi connectivity index (χ2n) is 5.13. The molecule has 0 saturated carbocycles. The van der Waals surface area contributed by atoms with E-state index in [2.05, 4.69) is 10.6 Å². The summed E-state index contributed by atoms with van der Waals surface area (Å²) in [7, 11) is 0. The molecule has 128 valence electrons. The number of hydrogen-bond acceptors (Lipinski definition) is 4. The Morgan fingerprint density at radius 1 is 0.960 bits per heavy atom. The van der Waals surface area contributed by atoms with E-state index >= 15 is 0 Å². The van der Waals surface area contributed by atoms with Crippen LogP contribution in [0, 0.1) is 5.82 Å². The van der Waals surface area contributed by atoms with Crippen LogP contribution in [0.1, 0.15) is 20.2 Å². The number of hydrogen-bond donors (Lipinski definition) is 2. The van der Waals surface area contributed by atoms with Gasteiger partial charge in [0, 0.05) is 23.5 Å². The third kappa shape index (κ3) is 4.13. The Hall–Kier alpha value is -2.93. The standard InChI is InChI=1S/C18H15FN2O3S/c19-13-5-2-1-4-12(13)15-7-8-16(25-15)18(23)21-10-9-20-17(22)14-6-3-11-24-14/h1-8,11H,9-10H2,(H,20,22)(H,21,23). The molecule has 0 aliphatic carbocycles. The summed E-state index contributed by atoms with van der Waals surface area (Å²) in [4.78, 5) is 25.0. The molecule has 2 aromatic heterocycles. The van der Waals surface area contributed by atoms with Gasteiger partial charge in [-0.1, -0.05) is 18.2 Å². The summed E-state index contributed by atoms with van der Waals surface area (Å²) in [6.45, 7) is 0.551. The molecule has 25 heavy (non-hydrogen) atoms. The minimum Gasteiger partial charge on any atom is -0.459 e. The summed E-state index contributed by atoms with van der Waals surface area (Å²) < 4.78 is 18.8. The number of carbonyl (C=O) groups is 2. The molecule has 0 spiro atoms. The van der Waals surface area contributed by atoms with Gasteiger partial charge in [0.25, 0.3) is 11.8 Å². The molecule has 0 atom stereocenters. The Balaban J connectivity index is 1.51. The molecule has 7 heteroatoms. The highest BCUT2D eigenvalue weighted by Gasteiger charge is 2.12. The lowest BCUT2D eigenvalue weighted by Crippen LogP contribution is -2.34. The third-order valence-electron chi connectivity index (χ3n) is 3.41. The van der Waals surface area contributed by atoms with E-state index in [1.807, 2.05) is 0 Å². The average Bonchev–Trinajstić information content (AvgIpc) is 3.30. The van der Waals surface area contributed by atoms with Crippen molar-refractivity contribution in [3.05, 3.63) is 71.2 Å². The van der Waals surface area contributed by atoms with Gasteiger partial charge >= 0.3 is 0 Å². The number of carbonyl (C=O) groups excluding carboxylic acids is 2. The Morgan fingerprint density at radius 3 is 2.44 bits per heavy atom. The van der Waals surface area contributed by atoms with Crippen molar-refractivity contribution in [3.63, 3.8) is 0 Å². The van der Waals surface area contributed by atoms with E-state index < -0.39 is 0 Å². The van der Waals surface area contributed by atoms with Crippen molar-refractivity contribution in [3.8, 4) is 10.4 Å². The molecule has 0 aliphatic rings. The highest BCUT2D eigenvalue weighted by Crippen LogP contribution is 2.29. The quantitative estimate of drug-likeness (QED) is 0.664. The second-order valence-corrected chi connectivity index (χ2v) is 6.22. The summed E-state index contributed by atoms with van der Waals surface area (Å²) in [5, 5.41) is 5.35. The minimum absolute atomic E-state index is 0.221. The van der Waals surface area contributed by atoms with E-state index in [1.54, 1.807) is 42.5 Å². The topological polar surface area (TPSA) is 71.3 Å². The fourth-order valence-electron chi connectivity index (χ4n) is 2.20. The van der Waals surface area contributed by atoms with Crippen molar-refractivity contribution in [2.24, 2.45) is 0 Å². The number of benzene rings is 1. The molecular formula is C18H15FN2O3S. The van der Waals surface area contributed by atoms with Crippen LogP contribution < -0.4 is 10.6 Å². The summed E-state index contributed by atoms with van der Waals surface area (Å²) in [5.41, 5.74) is 0.470. The van der Waals surface area contributed by atoms with Gasteiger partial charge in [-0.05, 0) is 30.3 Å². The van der Waals surface area contributed by atoms with Gasteiger partial charge in [-0.25, -0.2) is 4.39 Å². The lowest BCUT2D eigenvalue weighted by Gasteiger charge is -2.05. The third-order valence-corrected chi connectivity index (χ3v) is 4.53. The van der Waals surface area contributed by atoms with Crippen molar-refractivity contribution in [2.75, 3.05) is 13.1 Å². The zero-order chi connectivity index (χ0) is 17.6. The first kappa shape index (κ1) is 16.9. The van der Waals surface area contributed by atoms with Gasteiger partial charge in [0.05, 0.1) is 11.1 Å².